The van der Waals surface area contributed by atoms with Gasteiger partial charge in [0, 0.05) is 17.8 Å². The maximum absolute atomic E-state index is 11.7. The predicted molar refractivity (Wildman–Crippen MR) is 48.2 cm³/mol. The van der Waals surface area contributed by atoms with Gasteiger partial charge in [0.15, 0.2) is 0 Å². The Labute approximate surface area is 85.8 Å². The molecule has 0 unspecified atom stereocenters. The number of halogens is 4. The molecular weight excluding hydrogens is 219 g/mol. The number of hydrogen-bond acceptors (Lipinski definition) is 1. The van der Waals surface area contributed by atoms with Crippen LogP contribution < -0.4 is 5.32 Å². The molecule has 0 spiro atoms. The molecule has 0 fully saturated rings. The van der Waals surface area contributed by atoms with Crippen LogP contribution in [0.15, 0.2) is 0 Å². The Balaban J connectivity index is 3.89. The maximum atomic E-state index is 11.7. The van der Waals surface area contributed by atoms with Gasteiger partial charge in [-0.3, -0.25) is 4.79 Å². The number of carbonyl (C=O) groups excluding carboxylic acids is 1. The molecule has 1 N–H and O–H groups in total. The van der Waals surface area contributed by atoms with Crippen molar-refractivity contribution in [3.63, 3.8) is 0 Å². The Bertz CT molecular complexity index is 203. The quantitative estimate of drug-likeness (QED) is 0.740. The molecule has 0 bridgehead atoms. The van der Waals surface area contributed by atoms with E-state index >= 15 is 0 Å². The molecule has 2 nitrogen and oxygen atoms in total. The van der Waals surface area contributed by atoms with E-state index in [-0.39, 0.29) is 5.88 Å². The van der Waals surface area contributed by atoms with Crippen LogP contribution in [0.1, 0.15) is 26.7 Å². The molecular formula is C8H13ClF3NO. The Hall–Kier alpha value is -0.450. The van der Waals surface area contributed by atoms with Crippen LogP contribution in [0.3, 0.4) is 0 Å². The molecule has 0 rings (SSSR count). The highest BCUT2D eigenvalue weighted by Gasteiger charge is 2.29. The zero-order chi connectivity index (χ0) is 11.4. The van der Waals surface area contributed by atoms with Crippen molar-refractivity contribution in [3.05, 3.63) is 0 Å². The van der Waals surface area contributed by atoms with Gasteiger partial charge in [0.05, 0.1) is 6.42 Å². The van der Waals surface area contributed by atoms with E-state index in [9.17, 15) is 18.0 Å². The summed E-state index contributed by atoms with van der Waals surface area (Å²) < 4.78 is 35.2. The van der Waals surface area contributed by atoms with Crippen molar-refractivity contribution in [2.45, 2.75) is 38.4 Å². The van der Waals surface area contributed by atoms with Gasteiger partial charge in [-0.25, -0.2) is 0 Å². The third-order valence-corrected chi connectivity index (χ3v) is 2.12. The minimum atomic E-state index is -4.29. The molecule has 0 atom stereocenters. The van der Waals surface area contributed by atoms with Gasteiger partial charge < -0.3 is 5.32 Å². The second kappa shape index (κ2) is 4.87. The van der Waals surface area contributed by atoms with E-state index in [1.54, 1.807) is 13.8 Å². The minimum Gasteiger partial charge on any atom is -0.350 e. The van der Waals surface area contributed by atoms with Crippen LogP contribution in [0.2, 0.25) is 0 Å². The highest BCUT2D eigenvalue weighted by molar-refractivity contribution is 6.18. The highest BCUT2D eigenvalue weighted by Crippen LogP contribution is 2.21. The Morgan fingerprint density at radius 2 is 1.86 bits per heavy atom. The number of amides is 1. The summed E-state index contributed by atoms with van der Waals surface area (Å²) >= 11 is 5.49. The zero-order valence-corrected chi connectivity index (χ0v) is 8.80. The lowest BCUT2D eigenvalue weighted by Gasteiger charge is -2.23. The number of nitrogens with one attached hydrogen (secondary N) is 1. The SMILES string of the molecule is CC(C)(CCl)NC(=O)CCC(F)(F)F. The van der Waals surface area contributed by atoms with Gasteiger partial charge in [0.25, 0.3) is 0 Å². The summed E-state index contributed by atoms with van der Waals surface area (Å²) in [5, 5.41) is 2.41. The summed E-state index contributed by atoms with van der Waals surface area (Å²) in [4.78, 5) is 11.0. The number of rotatable bonds is 4. The summed E-state index contributed by atoms with van der Waals surface area (Å²) in [6.07, 6.45) is -5.94. The van der Waals surface area contributed by atoms with Crippen LogP contribution >= 0.6 is 11.6 Å². The first-order chi connectivity index (χ1) is 6.16. The Kier molecular flexibility index (Phi) is 4.71. The van der Waals surface area contributed by atoms with Crippen LogP contribution in [-0.4, -0.2) is 23.5 Å². The van der Waals surface area contributed by atoms with Crippen molar-refractivity contribution in [1.82, 2.24) is 5.32 Å². The van der Waals surface area contributed by atoms with E-state index in [2.05, 4.69) is 5.32 Å². The molecule has 0 aliphatic carbocycles. The molecule has 1 amide bonds. The van der Waals surface area contributed by atoms with Gasteiger partial charge in [-0.15, -0.1) is 11.6 Å². The van der Waals surface area contributed by atoms with E-state index in [4.69, 9.17) is 11.6 Å². The molecule has 84 valence electrons. The lowest BCUT2D eigenvalue weighted by Crippen LogP contribution is -2.45. The van der Waals surface area contributed by atoms with Gasteiger partial charge in [-0.2, -0.15) is 13.2 Å². The molecule has 0 radical (unpaired) electrons. The third kappa shape index (κ3) is 7.00. The molecule has 0 aromatic carbocycles. The van der Waals surface area contributed by atoms with Crippen LogP contribution in [0, 0.1) is 0 Å². The first kappa shape index (κ1) is 13.5. The third-order valence-electron chi connectivity index (χ3n) is 1.45. The number of carbonyl (C=O) groups is 1. The molecule has 0 aromatic heterocycles. The summed E-state index contributed by atoms with van der Waals surface area (Å²) in [6.45, 7) is 3.29. The average molecular weight is 232 g/mol. The van der Waals surface area contributed by atoms with Crippen molar-refractivity contribution in [2.24, 2.45) is 0 Å². The van der Waals surface area contributed by atoms with Crippen molar-refractivity contribution in [1.29, 1.82) is 0 Å². The fraction of sp³-hybridized carbons (Fsp3) is 0.875. The first-order valence-corrected chi connectivity index (χ1v) is 4.63. The minimum absolute atomic E-state index is 0.157. The molecule has 0 saturated carbocycles. The molecule has 0 aliphatic rings. The summed E-state index contributed by atoms with van der Waals surface area (Å²) in [5.41, 5.74) is -0.662. The van der Waals surface area contributed by atoms with Crippen LogP contribution in [-0.2, 0) is 4.79 Å². The maximum Gasteiger partial charge on any atom is 0.389 e. The molecule has 0 aromatic rings. The summed E-state index contributed by atoms with van der Waals surface area (Å²) in [6, 6.07) is 0. The predicted octanol–water partition coefficient (Wildman–Crippen LogP) is 2.46. The van der Waals surface area contributed by atoms with Crippen molar-refractivity contribution in [3.8, 4) is 0 Å². The fourth-order valence-electron chi connectivity index (χ4n) is 0.729. The summed E-state index contributed by atoms with van der Waals surface area (Å²) in [7, 11) is 0. The van der Waals surface area contributed by atoms with Crippen molar-refractivity contribution in [2.75, 3.05) is 5.88 Å². The topological polar surface area (TPSA) is 29.1 Å². The number of hydrogen-bond donors (Lipinski definition) is 1. The Morgan fingerprint density at radius 3 is 2.21 bits per heavy atom. The highest BCUT2D eigenvalue weighted by atomic mass is 35.5. The monoisotopic (exact) mass is 231 g/mol. The largest absolute Gasteiger partial charge is 0.389 e. The molecule has 0 heterocycles. The first-order valence-electron chi connectivity index (χ1n) is 4.10. The standard InChI is InChI=1S/C8H13ClF3NO/c1-7(2,5-9)13-6(14)3-4-8(10,11)12/h3-5H2,1-2H3,(H,13,14). The van der Waals surface area contributed by atoms with E-state index in [0.717, 1.165) is 0 Å². The van der Waals surface area contributed by atoms with Crippen molar-refractivity contribution >= 4 is 17.5 Å². The Morgan fingerprint density at radius 1 is 1.36 bits per heavy atom. The second-order valence-electron chi connectivity index (χ2n) is 3.68. The molecule has 6 heteroatoms. The smallest absolute Gasteiger partial charge is 0.350 e. The molecule has 0 aliphatic heterocycles. The lowest BCUT2D eigenvalue weighted by molar-refractivity contribution is -0.144. The van der Waals surface area contributed by atoms with Gasteiger partial charge in [0.1, 0.15) is 0 Å². The zero-order valence-electron chi connectivity index (χ0n) is 8.04. The van der Waals surface area contributed by atoms with Gasteiger partial charge in [0.2, 0.25) is 5.91 Å². The number of alkyl halides is 4. The van der Waals surface area contributed by atoms with E-state index in [0.29, 0.717) is 0 Å². The van der Waals surface area contributed by atoms with Crippen LogP contribution in [0.25, 0.3) is 0 Å². The molecule has 0 saturated heterocycles. The van der Waals surface area contributed by atoms with Gasteiger partial charge >= 0.3 is 6.18 Å². The van der Waals surface area contributed by atoms with E-state index in [1.807, 2.05) is 0 Å². The normalized spacial score (nSPS) is 12.7. The van der Waals surface area contributed by atoms with E-state index in [1.165, 1.54) is 0 Å². The van der Waals surface area contributed by atoms with Gasteiger partial charge in [-0.05, 0) is 13.8 Å². The fourth-order valence-corrected chi connectivity index (χ4v) is 0.795. The molecule has 14 heavy (non-hydrogen) atoms. The summed E-state index contributed by atoms with van der Waals surface area (Å²) in [5.74, 6) is -0.474. The van der Waals surface area contributed by atoms with Crippen LogP contribution in [0.4, 0.5) is 13.2 Å². The van der Waals surface area contributed by atoms with Gasteiger partial charge in [-0.1, -0.05) is 0 Å². The van der Waals surface area contributed by atoms with Crippen LogP contribution in [0.5, 0.6) is 0 Å². The average Bonchev–Trinajstić information content (AvgIpc) is 1.99. The van der Waals surface area contributed by atoms with Crippen molar-refractivity contribution < 1.29 is 18.0 Å². The second-order valence-corrected chi connectivity index (χ2v) is 3.95. The van der Waals surface area contributed by atoms with E-state index < -0.39 is 30.5 Å². The lowest BCUT2D eigenvalue weighted by atomic mass is 10.1.